The molecule has 134 valence electrons. The molecule has 1 aliphatic carbocycles. The molecule has 24 heavy (non-hydrogen) atoms. The monoisotopic (exact) mass is 364 g/mol. The molecule has 1 unspecified atom stereocenters. The summed E-state index contributed by atoms with van der Waals surface area (Å²) in [6, 6.07) is 5.39. The van der Waals surface area contributed by atoms with Gasteiger partial charge >= 0.3 is 6.36 Å². The van der Waals surface area contributed by atoms with Crippen LogP contribution in [0.3, 0.4) is 0 Å². The molecule has 1 aliphatic heterocycles. The summed E-state index contributed by atoms with van der Waals surface area (Å²) < 4.78 is 68.2. The first-order valence-electron chi connectivity index (χ1n) is 7.83. The van der Waals surface area contributed by atoms with Gasteiger partial charge in [0.15, 0.2) is 0 Å². The minimum Gasteiger partial charge on any atom is -0.404 e. The molecule has 0 radical (unpaired) electrons. The average Bonchev–Trinajstić information content (AvgIpc) is 3.23. The standard InChI is InChI=1S/C15H19F3N2O3S/c16-15(17,18)23-13-3-1-2-4-14(13)24(21,22)19-9-11-7-8-20(10-11)12-5-6-12/h1-4,11-12,19H,5-10H2. The van der Waals surface area contributed by atoms with E-state index in [2.05, 4.69) is 14.4 Å². The summed E-state index contributed by atoms with van der Waals surface area (Å²) in [5.41, 5.74) is 0. The maximum absolute atomic E-state index is 12.4. The molecule has 3 rings (SSSR count). The normalized spacial score (nSPS) is 22.7. The second kappa shape index (κ2) is 6.53. The fraction of sp³-hybridized carbons (Fsp3) is 0.600. The highest BCUT2D eigenvalue weighted by Crippen LogP contribution is 2.32. The lowest BCUT2D eigenvalue weighted by molar-refractivity contribution is -0.275. The van der Waals surface area contributed by atoms with Crippen LogP contribution in [-0.2, 0) is 10.0 Å². The molecule has 1 aromatic rings. The maximum Gasteiger partial charge on any atom is 0.573 e. The fourth-order valence-electron chi connectivity index (χ4n) is 2.99. The molecule has 1 aromatic carbocycles. The zero-order valence-electron chi connectivity index (χ0n) is 12.9. The Balaban J connectivity index is 1.65. The van der Waals surface area contributed by atoms with Gasteiger partial charge in [-0.15, -0.1) is 13.2 Å². The van der Waals surface area contributed by atoms with Gasteiger partial charge in [-0.3, -0.25) is 0 Å². The van der Waals surface area contributed by atoms with Crippen molar-refractivity contribution in [2.24, 2.45) is 5.92 Å². The lowest BCUT2D eigenvalue weighted by Gasteiger charge is -2.16. The Morgan fingerprint density at radius 2 is 1.92 bits per heavy atom. The summed E-state index contributed by atoms with van der Waals surface area (Å²) in [5, 5.41) is 0. The number of hydrogen-bond donors (Lipinski definition) is 1. The second-order valence-corrected chi connectivity index (χ2v) is 7.96. The van der Waals surface area contributed by atoms with E-state index in [0.717, 1.165) is 31.6 Å². The number of nitrogens with one attached hydrogen (secondary N) is 1. The van der Waals surface area contributed by atoms with Gasteiger partial charge < -0.3 is 9.64 Å². The Morgan fingerprint density at radius 3 is 2.58 bits per heavy atom. The highest BCUT2D eigenvalue weighted by molar-refractivity contribution is 7.89. The van der Waals surface area contributed by atoms with E-state index in [-0.39, 0.29) is 12.5 Å². The summed E-state index contributed by atoms with van der Waals surface area (Å²) >= 11 is 0. The van der Waals surface area contributed by atoms with Gasteiger partial charge in [-0.1, -0.05) is 12.1 Å². The number of alkyl halides is 3. The summed E-state index contributed by atoms with van der Waals surface area (Å²) in [5.74, 6) is -0.542. The number of rotatable bonds is 6. The van der Waals surface area contributed by atoms with Crippen LogP contribution in [0.15, 0.2) is 29.2 Å². The predicted molar refractivity (Wildman–Crippen MR) is 81.0 cm³/mol. The van der Waals surface area contributed by atoms with E-state index in [0.29, 0.717) is 6.04 Å². The van der Waals surface area contributed by atoms with Crippen LogP contribution in [0.2, 0.25) is 0 Å². The third kappa shape index (κ3) is 4.40. The van der Waals surface area contributed by atoms with E-state index >= 15 is 0 Å². The molecule has 1 saturated carbocycles. The SMILES string of the molecule is O=S(=O)(NCC1CCN(C2CC2)C1)c1ccccc1OC(F)(F)F. The van der Waals surface area contributed by atoms with Gasteiger partial charge in [-0.05, 0) is 43.9 Å². The van der Waals surface area contributed by atoms with Crippen LogP contribution in [0.25, 0.3) is 0 Å². The van der Waals surface area contributed by atoms with Crippen molar-refractivity contribution in [3.63, 3.8) is 0 Å². The molecule has 0 spiro atoms. The van der Waals surface area contributed by atoms with Crippen molar-refractivity contribution in [1.29, 1.82) is 0 Å². The number of hydrogen-bond acceptors (Lipinski definition) is 4. The number of ether oxygens (including phenoxy) is 1. The van der Waals surface area contributed by atoms with E-state index < -0.39 is 27.0 Å². The van der Waals surface area contributed by atoms with Gasteiger partial charge in [0, 0.05) is 19.1 Å². The average molecular weight is 364 g/mol. The number of para-hydroxylation sites is 1. The van der Waals surface area contributed by atoms with Crippen LogP contribution in [0, 0.1) is 5.92 Å². The minimum absolute atomic E-state index is 0.177. The molecular formula is C15H19F3N2O3S. The lowest BCUT2D eigenvalue weighted by atomic mass is 10.1. The Hall–Kier alpha value is -1.32. The van der Waals surface area contributed by atoms with Gasteiger partial charge in [0.2, 0.25) is 10.0 Å². The van der Waals surface area contributed by atoms with Crippen molar-refractivity contribution >= 4 is 10.0 Å². The van der Waals surface area contributed by atoms with Crippen molar-refractivity contribution < 1.29 is 26.3 Å². The molecule has 1 heterocycles. The van der Waals surface area contributed by atoms with Crippen molar-refractivity contribution in [1.82, 2.24) is 9.62 Å². The Labute approximate surface area is 138 Å². The van der Waals surface area contributed by atoms with E-state index in [4.69, 9.17) is 0 Å². The summed E-state index contributed by atoms with van der Waals surface area (Å²) in [6.45, 7) is 1.99. The van der Waals surface area contributed by atoms with Crippen LogP contribution in [0.4, 0.5) is 13.2 Å². The molecule has 1 atom stereocenters. The van der Waals surface area contributed by atoms with E-state index in [1.54, 1.807) is 0 Å². The fourth-order valence-corrected chi connectivity index (χ4v) is 4.23. The smallest absolute Gasteiger partial charge is 0.404 e. The zero-order valence-corrected chi connectivity index (χ0v) is 13.7. The summed E-state index contributed by atoms with van der Waals surface area (Å²) in [7, 11) is -4.07. The van der Waals surface area contributed by atoms with Crippen molar-refractivity contribution in [2.45, 2.75) is 36.6 Å². The molecule has 0 amide bonds. The van der Waals surface area contributed by atoms with Gasteiger partial charge in [0.25, 0.3) is 0 Å². The first kappa shape index (κ1) is 17.5. The molecule has 0 aromatic heterocycles. The van der Waals surface area contributed by atoms with Crippen molar-refractivity contribution in [3.8, 4) is 5.75 Å². The zero-order chi connectivity index (χ0) is 17.4. The summed E-state index contributed by atoms with van der Waals surface area (Å²) in [4.78, 5) is 1.85. The molecule has 5 nitrogen and oxygen atoms in total. The highest BCUT2D eigenvalue weighted by atomic mass is 32.2. The van der Waals surface area contributed by atoms with Crippen molar-refractivity contribution in [3.05, 3.63) is 24.3 Å². The van der Waals surface area contributed by atoms with Crippen molar-refractivity contribution in [2.75, 3.05) is 19.6 Å². The lowest BCUT2D eigenvalue weighted by Crippen LogP contribution is -2.32. The highest BCUT2D eigenvalue weighted by Gasteiger charge is 2.36. The van der Waals surface area contributed by atoms with Gasteiger partial charge in [0.05, 0.1) is 0 Å². The molecule has 1 saturated heterocycles. The molecule has 2 aliphatic rings. The van der Waals surface area contributed by atoms with E-state index in [9.17, 15) is 21.6 Å². The molecule has 1 N–H and O–H groups in total. The number of likely N-dealkylation sites (tertiary alicyclic amines) is 1. The van der Waals surface area contributed by atoms with Crippen LogP contribution in [-0.4, -0.2) is 45.4 Å². The predicted octanol–water partition coefficient (Wildman–Crippen LogP) is 2.35. The summed E-state index contributed by atoms with van der Waals surface area (Å²) in [6.07, 6.45) is -1.66. The van der Waals surface area contributed by atoms with E-state index in [1.807, 2.05) is 0 Å². The Bertz CT molecular complexity index is 689. The molecule has 0 bridgehead atoms. The Morgan fingerprint density at radius 1 is 1.21 bits per heavy atom. The first-order chi connectivity index (χ1) is 11.2. The number of sulfonamides is 1. The molecule has 2 fully saturated rings. The van der Waals surface area contributed by atoms with Gasteiger partial charge in [0.1, 0.15) is 10.6 Å². The number of benzene rings is 1. The Kier molecular flexibility index (Phi) is 4.76. The number of halogens is 3. The third-order valence-electron chi connectivity index (χ3n) is 4.31. The van der Waals surface area contributed by atoms with E-state index in [1.165, 1.54) is 25.0 Å². The van der Waals surface area contributed by atoms with Crippen LogP contribution < -0.4 is 9.46 Å². The van der Waals surface area contributed by atoms with Gasteiger partial charge in [-0.25, -0.2) is 13.1 Å². The van der Waals surface area contributed by atoms with Crippen LogP contribution >= 0.6 is 0 Å². The maximum atomic E-state index is 12.4. The van der Waals surface area contributed by atoms with Crippen LogP contribution in [0.5, 0.6) is 5.75 Å². The molecular weight excluding hydrogens is 345 g/mol. The topological polar surface area (TPSA) is 58.6 Å². The largest absolute Gasteiger partial charge is 0.573 e. The molecule has 9 heteroatoms. The quantitative estimate of drug-likeness (QED) is 0.842. The number of nitrogens with zero attached hydrogens (tertiary/aromatic N) is 1. The first-order valence-corrected chi connectivity index (χ1v) is 9.31. The second-order valence-electron chi connectivity index (χ2n) is 6.23. The third-order valence-corrected chi connectivity index (χ3v) is 5.77. The van der Waals surface area contributed by atoms with Gasteiger partial charge in [-0.2, -0.15) is 0 Å². The van der Waals surface area contributed by atoms with Crippen LogP contribution in [0.1, 0.15) is 19.3 Å². The minimum atomic E-state index is -4.94.